The van der Waals surface area contributed by atoms with Crippen molar-refractivity contribution in [3.05, 3.63) is 29.8 Å². The molecular formula is C20H31N3O3S. The van der Waals surface area contributed by atoms with Crippen LogP contribution in [0.15, 0.2) is 24.3 Å². The minimum atomic E-state index is -3.26. The highest BCUT2D eigenvalue weighted by Crippen LogP contribution is 2.24. The highest BCUT2D eigenvalue weighted by Gasteiger charge is 2.26. The standard InChI is InChI=1S/C20H31N3O3S/c1-17-7-5-11-22(16-17)12-6-10-21-20(24)18-8-4-9-19(15-18)23-13-2-3-14-27(23,25)26/h4,8-9,15,17H,2-3,5-7,10-14,16H2,1H3,(H,21,24)/t17-/m0/s1. The lowest BCUT2D eigenvalue weighted by atomic mass is 10.0. The first-order chi connectivity index (χ1) is 13.0. The number of anilines is 1. The molecule has 0 aromatic heterocycles. The number of hydrogen-bond donors (Lipinski definition) is 1. The Morgan fingerprint density at radius 3 is 2.85 bits per heavy atom. The van der Waals surface area contributed by atoms with Crippen LogP contribution in [-0.4, -0.2) is 57.7 Å². The fourth-order valence-electron chi connectivity index (χ4n) is 3.98. The van der Waals surface area contributed by atoms with Crippen molar-refractivity contribution >= 4 is 21.6 Å². The van der Waals surface area contributed by atoms with Gasteiger partial charge < -0.3 is 10.2 Å². The van der Waals surface area contributed by atoms with Gasteiger partial charge >= 0.3 is 0 Å². The monoisotopic (exact) mass is 393 g/mol. The van der Waals surface area contributed by atoms with Gasteiger partial charge in [-0.2, -0.15) is 0 Å². The van der Waals surface area contributed by atoms with E-state index in [9.17, 15) is 13.2 Å². The van der Waals surface area contributed by atoms with Gasteiger partial charge in [-0.15, -0.1) is 0 Å². The number of rotatable bonds is 6. The Labute approximate surface area is 163 Å². The Bertz CT molecular complexity index is 751. The van der Waals surface area contributed by atoms with Crippen molar-refractivity contribution in [2.24, 2.45) is 5.92 Å². The molecule has 150 valence electrons. The van der Waals surface area contributed by atoms with Crippen molar-refractivity contribution in [2.75, 3.05) is 42.8 Å². The summed E-state index contributed by atoms with van der Waals surface area (Å²) in [4.78, 5) is 14.9. The van der Waals surface area contributed by atoms with Gasteiger partial charge in [0.1, 0.15) is 0 Å². The molecule has 1 amide bonds. The van der Waals surface area contributed by atoms with Crippen LogP contribution < -0.4 is 9.62 Å². The SMILES string of the molecule is C[C@H]1CCCN(CCCNC(=O)c2cccc(N3CCCCS3(=O)=O)c2)C1. The van der Waals surface area contributed by atoms with Crippen LogP contribution in [0.3, 0.4) is 0 Å². The van der Waals surface area contributed by atoms with E-state index >= 15 is 0 Å². The van der Waals surface area contributed by atoms with E-state index in [4.69, 9.17) is 0 Å². The fourth-order valence-corrected chi connectivity index (χ4v) is 5.61. The number of benzene rings is 1. The van der Waals surface area contributed by atoms with Crippen LogP contribution >= 0.6 is 0 Å². The van der Waals surface area contributed by atoms with E-state index in [1.807, 2.05) is 0 Å². The molecule has 1 aromatic rings. The van der Waals surface area contributed by atoms with Crippen molar-refractivity contribution in [3.63, 3.8) is 0 Å². The maximum atomic E-state index is 12.5. The first-order valence-electron chi connectivity index (χ1n) is 10.1. The van der Waals surface area contributed by atoms with Crippen LogP contribution in [0.4, 0.5) is 5.69 Å². The molecule has 2 heterocycles. The number of nitrogens with zero attached hydrogens (tertiary/aromatic N) is 2. The summed E-state index contributed by atoms with van der Waals surface area (Å²) in [6.07, 6.45) is 5.06. The van der Waals surface area contributed by atoms with E-state index in [2.05, 4.69) is 17.1 Å². The van der Waals surface area contributed by atoms with E-state index in [1.54, 1.807) is 24.3 Å². The van der Waals surface area contributed by atoms with E-state index < -0.39 is 10.0 Å². The van der Waals surface area contributed by atoms with Crippen LogP contribution in [-0.2, 0) is 10.0 Å². The largest absolute Gasteiger partial charge is 0.352 e. The molecule has 1 N–H and O–H groups in total. The molecule has 27 heavy (non-hydrogen) atoms. The van der Waals surface area contributed by atoms with E-state index in [0.29, 0.717) is 30.8 Å². The van der Waals surface area contributed by atoms with Crippen LogP contribution in [0.2, 0.25) is 0 Å². The third-order valence-electron chi connectivity index (χ3n) is 5.42. The molecule has 3 rings (SSSR count). The predicted molar refractivity (Wildman–Crippen MR) is 109 cm³/mol. The minimum Gasteiger partial charge on any atom is -0.352 e. The number of carbonyl (C=O) groups is 1. The zero-order valence-corrected chi connectivity index (χ0v) is 17.0. The number of carbonyl (C=O) groups excluding carboxylic acids is 1. The fraction of sp³-hybridized carbons (Fsp3) is 0.650. The first-order valence-corrected chi connectivity index (χ1v) is 11.7. The van der Waals surface area contributed by atoms with Gasteiger partial charge in [-0.1, -0.05) is 13.0 Å². The Morgan fingerprint density at radius 2 is 2.07 bits per heavy atom. The summed E-state index contributed by atoms with van der Waals surface area (Å²) in [6.45, 7) is 6.74. The maximum absolute atomic E-state index is 12.5. The van der Waals surface area contributed by atoms with E-state index in [-0.39, 0.29) is 11.7 Å². The molecule has 7 heteroatoms. The molecule has 0 bridgehead atoms. The molecule has 0 aliphatic carbocycles. The summed E-state index contributed by atoms with van der Waals surface area (Å²) in [6, 6.07) is 6.94. The summed E-state index contributed by atoms with van der Waals surface area (Å²) >= 11 is 0. The van der Waals surface area contributed by atoms with Crippen LogP contribution in [0.5, 0.6) is 0 Å². The average molecular weight is 394 g/mol. The summed E-state index contributed by atoms with van der Waals surface area (Å²) in [5.74, 6) is 0.804. The van der Waals surface area contributed by atoms with Crippen molar-refractivity contribution in [3.8, 4) is 0 Å². The molecule has 2 aliphatic heterocycles. The van der Waals surface area contributed by atoms with Gasteiger partial charge in [0.2, 0.25) is 10.0 Å². The summed E-state index contributed by atoms with van der Waals surface area (Å²) in [7, 11) is -3.26. The molecule has 2 saturated heterocycles. The molecule has 0 unspecified atom stereocenters. The Hall–Kier alpha value is -1.60. The van der Waals surface area contributed by atoms with Gasteiger partial charge in [0, 0.05) is 25.2 Å². The minimum absolute atomic E-state index is 0.140. The van der Waals surface area contributed by atoms with Crippen molar-refractivity contribution in [1.29, 1.82) is 0 Å². The molecule has 2 fully saturated rings. The first kappa shape index (κ1) is 20.1. The van der Waals surface area contributed by atoms with Crippen molar-refractivity contribution in [2.45, 2.75) is 39.0 Å². The lowest BCUT2D eigenvalue weighted by Crippen LogP contribution is -2.38. The second kappa shape index (κ2) is 9.06. The van der Waals surface area contributed by atoms with Crippen LogP contribution in [0, 0.1) is 5.92 Å². The van der Waals surface area contributed by atoms with E-state index in [0.717, 1.165) is 38.4 Å². The molecule has 2 aliphatic rings. The number of likely N-dealkylation sites (tertiary alicyclic amines) is 1. The molecule has 1 atom stereocenters. The van der Waals surface area contributed by atoms with Crippen molar-refractivity contribution < 1.29 is 13.2 Å². The Morgan fingerprint density at radius 1 is 1.22 bits per heavy atom. The molecule has 6 nitrogen and oxygen atoms in total. The zero-order chi connectivity index (χ0) is 19.3. The van der Waals surface area contributed by atoms with Gasteiger partial charge in [-0.05, 0) is 69.3 Å². The number of amides is 1. The zero-order valence-electron chi connectivity index (χ0n) is 16.2. The van der Waals surface area contributed by atoms with Crippen molar-refractivity contribution in [1.82, 2.24) is 10.2 Å². The predicted octanol–water partition coefficient (Wildman–Crippen LogP) is 2.47. The summed E-state index contributed by atoms with van der Waals surface area (Å²) < 4.78 is 26.0. The molecule has 0 radical (unpaired) electrons. The summed E-state index contributed by atoms with van der Waals surface area (Å²) in [5, 5.41) is 2.97. The lowest BCUT2D eigenvalue weighted by molar-refractivity contribution is 0.0950. The number of piperidine rings is 1. The molecule has 1 aromatic carbocycles. The van der Waals surface area contributed by atoms with E-state index in [1.165, 1.54) is 17.1 Å². The number of sulfonamides is 1. The smallest absolute Gasteiger partial charge is 0.251 e. The van der Waals surface area contributed by atoms with Gasteiger partial charge in [0.05, 0.1) is 11.4 Å². The molecule has 0 spiro atoms. The molecule has 0 saturated carbocycles. The highest BCUT2D eigenvalue weighted by molar-refractivity contribution is 7.92. The van der Waals surface area contributed by atoms with Gasteiger partial charge in [-0.25, -0.2) is 8.42 Å². The summed E-state index contributed by atoms with van der Waals surface area (Å²) in [5.41, 5.74) is 1.10. The third-order valence-corrected chi connectivity index (χ3v) is 7.29. The van der Waals surface area contributed by atoms with Gasteiger partial charge in [0.15, 0.2) is 0 Å². The quantitative estimate of drug-likeness (QED) is 0.754. The third kappa shape index (κ3) is 5.45. The average Bonchev–Trinajstić information content (AvgIpc) is 2.65. The second-order valence-corrected chi connectivity index (χ2v) is 9.82. The Balaban J connectivity index is 1.51. The van der Waals surface area contributed by atoms with Gasteiger partial charge in [0.25, 0.3) is 5.91 Å². The number of nitrogens with one attached hydrogen (secondary N) is 1. The molecular weight excluding hydrogens is 362 g/mol. The Kier molecular flexibility index (Phi) is 6.76. The topological polar surface area (TPSA) is 69.7 Å². The lowest BCUT2D eigenvalue weighted by Gasteiger charge is -2.30. The maximum Gasteiger partial charge on any atom is 0.251 e. The van der Waals surface area contributed by atoms with Crippen LogP contribution in [0.1, 0.15) is 49.4 Å². The normalized spacial score (nSPS) is 23.1. The number of hydrogen-bond acceptors (Lipinski definition) is 4. The van der Waals surface area contributed by atoms with Gasteiger partial charge in [-0.3, -0.25) is 9.10 Å². The van der Waals surface area contributed by atoms with Crippen LogP contribution in [0.25, 0.3) is 0 Å². The second-order valence-electron chi connectivity index (χ2n) is 7.80. The highest BCUT2D eigenvalue weighted by atomic mass is 32.2.